The predicted octanol–water partition coefficient (Wildman–Crippen LogP) is 4.43. The van der Waals surface area contributed by atoms with Gasteiger partial charge in [-0.3, -0.25) is 14.8 Å². The van der Waals surface area contributed by atoms with Gasteiger partial charge in [0.15, 0.2) is 5.82 Å². The van der Waals surface area contributed by atoms with Crippen LogP contribution in [0, 0.1) is 12.7 Å². The summed E-state index contributed by atoms with van der Waals surface area (Å²) in [6.45, 7) is 1.51. The lowest BCUT2D eigenvalue weighted by molar-refractivity contribution is 0.102. The SMILES string of the molecule is Cc1c(F)cncc1C(=O)Nc1cnc(-c2cc(OC3CC3)ccc2Cl)cn1. The van der Waals surface area contributed by atoms with E-state index >= 15 is 0 Å². The molecule has 1 aromatic carbocycles. The Labute approximate surface area is 165 Å². The van der Waals surface area contributed by atoms with Gasteiger partial charge in [0.05, 0.1) is 41.0 Å². The Morgan fingerprint density at radius 1 is 1.21 bits per heavy atom. The van der Waals surface area contributed by atoms with E-state index in [9.17, 15) is 9.18 Å². The zero-order valence-corrected chi connectivity index (χ0v) is 15.7. The molecule has 142 valence electrons. The summed E-state index contributed by atoms with van der Waals surface area (Å²) in [4.78, 5) is 24.6. The third-order valence-corrected chi connectivity index (χ3v) is 4.66. The minimum absolute atomic E-state index is 0.138. The Kier molecular flexibility index (Phi) is 4.92. The second-order valence-corrected chi connectivity index (χ2v) is 6.90. The van der Waals surface area contributed by atoms with E-state index in [0.29, 0.717) is 16.3 Å². The summed E-state index contributed by atoms with van der Waals surface area (Å²) in [7, 11) is 0. The van der Waals surface area contributed by atoms with Gasteiger partial charge in [0, 0.05) is 17.3 Å². The molecule has 1 saturated carbocycles. The fourth-order valence-corrected chi connectivity index (χ4v) is 2.81. The van der Waals surface area contributed by atoms with Crippen molar-refractivity contribution in [2.45, 2.75) is 25.9 Å². The summed E-state index contributed by atoms with van der Waals surface area (Å²) in [5.74, 6) is -0.0875. The molecule has 3 aromatic rings. The van der Waals surface area contributed by atoms with E-state index < -0.39 is 11.7 Å². The topological polar surface area (TPSA) is 77.0 Å². The first-order valence-electron chi connectivity index (χ1n) is 8.71. The summed E-state index contributed by atoms with van der Waals surface area (Å²) < 4.78 is 19.4. The number of rotatable bonds is 5. The lowest BCUT2D eigenvalue weighted by Crippen LogP contribution is -2.15. The number of hydrogen-bond acceptors (Lipinski definition) is 5. The van der Waals surface area contributed by atoms with Gasteiger partial charge >= 0.3 is 0 Å². The number of benzene rings is 1. The van der Waals surface area contributed by atoms with E-state index in [-0.39, 0.29) is 23.0 Å². The standard InChI is InChI=1S/C20H16ClFN4O2/c1-11-15(7-23-8-17(11)22)20(27)26-19-10-24-18(9-25-19)14-6-13(4-5-16(14)21)28-12-2-3-12/h4-10,12H,2-3H2,1H3,(H,25,26,27). The van der Waals surface area contributed by atoms with Crippen molar-refractivity contribution in [1.29, 1.82) is 0 Å². The molecule has 1 aliphatic carbocycles. The van der Waals surface area contributed by atoms with Crippen LogP contribution in [0.25, 0.3) is 11.3 Å². The largest absolute Gasteiger partial charge is 0.490 e. The van der Waals surface area contributed by atoms with Gasteiger partial charge in [0.2, 0.25) is 0 Å². The monoisotopic (exact) mass is 398 g/mol. The van der Waals surface area contributed by atoms with E-state index in [1.54, 1.807) is 6.07 Å². The average Bonchev–Trinajstić information content (AvgIpc) is 3.50. The molecule has 0 aliphatic heterocycles. The fraction of sp³-hybridized carbons (Fsp3) is 0.200. The minimum Gasteiger partial charge on any atom is -0.490 e. The zero-order valence-electron chi connectivity index (χ0n) is 14.9. The molecule has 2 aromatic heterocycles. The van der Waals surface area contributed by atoms with Crippen LogP contribution in [0.3, 0.4) is 0 Å². The van der Waals surface area contributed by atoms with Crippen molar-refractivity contribution in [2.75, 3.05) is 5.32 Å². The lowest BCUT2D eigenvalue weighted by Gasteiger charge is -2.10. The van der Waals surface area contributed by atoms with Crippen LogP contribution >= 0.6 is 11.6 Å². The fourth-order valence-electron chi connectivity index (χ4n) is 2.60. The van der Waals surface area contributed by atoms with Crippen molar-refractivity contribution in [3.05, 3.63) is 65.0 Å². The molecule has 1 fully saturated rings. The second kappa shape index (κ2) is 7.52. The quantitative estimate of drug-likeness (QED) is 0.687. The number of carbonyl (C=O) groups is 1. The average molecular weight is 399 g/mol. The van der Waals surface area contributed by atoms with Crippen molar-refractivity contribution >= 4 is 23.3 Å². The molecule has 8 heteroatoms. The molecule has 6 nitrogen and oxygen atoms in total. The van der Waals surface area contributed by atoms with Gasteiger partial charge in [-0.15, -0.1) is 0 Å². The van der Waals surface area contributed by atoms with Gasteiger partial charge in [0.1, 0.15) is 11.6 Å². The van der Waals surface area contributed by atoms with Crippen molar-refractivity contribution in [3.8, 4) is 17.0 Å². The van der Waals surface area contributed by atoms with Crippen LogP contribution in [0.15, 0.2) is 43.0 Å². The highest BCUT2D eigenvalue weighted by Crippen LogP contribution is 2.33. The molecular weight excluding hydrogens is 383 g/mol. The highest BCUT2D eigenvalue weighted by molar-refractivity contribution is 6.33. The maximum absolute atomic E-state index is 13.6. The van der Waals surface area contributed by atoms with Crippen LogP contribution in [-0.4, -0.2) is 27.0 Å². The normalized spacial score (nSPS) is 13.2. The Morgan fingerprint density at radius 2 is 2.04 bits per heavy atom. The molecule has 0 radical (unpaired) electrons. The molecule has 0 spiro atoms. The number of nitrogens with zero attached hydrogens (tertiary/aromatic N) is 3. The molecule has 1 amide bonds. The van der Waals surface area contributed by atoms with Crippen LogP contribution < -0.4 is 10.1 Å². The first-order valence-corrected chi connectivity index (χ1v) is 9.09. The van der Waals surface area contributed by atoms with Crippen LogP contribution in [0.1, 0.15) is 28.8 Å². The predicted molar refractivity (Wildman–Crippen MR) is 103 cm³/mol. The number of anilines is 1. The highest BCUT2D eigenvalue weighted by atomic mass is 35.5. The molecule has 2 heterocycles. The Bertz CT molecular complexity index is 1040. The van der Waals surface area contributed by atoms with Crippen LogP contribution in [0.4, 0.5) is 10.2 Å². The number of carbonyl (C=O) groups excluding carboxylic acids is 1. The summed E-state index contributed by atoms with van der Waals surface area (Å²) in [5.41, 5.74) is 1.60. The zero-order chi connectivity index (χ0) is 19.7. The summed E-state index contributed by atoms with van der Waals surface area (Å²) in [6, 6.07) is 5.40. The Balaban J connectivity index is 1.52. The van der Waals surface area contributed by atoms with E-state index in [2.05, 4.69) is 20.3 Å². The van der Waals surface area contributed by atoms with Gasteiger partial charge in [-0.2, -0.15) is 0 Å². The number of halogens is 2. The van der Waals surface area contributed by atoms with Crippen LogP contribution in [0.5, 0.6) is 5.75 Å². The summed E-state index contributed by atoms with van der Waals surface area (Å²) >= 11 is 6.28. The number of ether oxygens (including phenoxy) is 1. The molecule has 4 rings (SSSR count). The molecule has 0 atom stereocenters. The first kappa shape index (κ1) is 18.3. The number of hydrogen-bond donors (Lipinski definition) is 1. The third kappa shape index (κ3) is 3.94. The van der Waals surface area contributed by atoms with E-state index in [0.717, 1.165) is 24.8 Å². The smallest absolute Gasteiger partial charge is 0.258 e. The molecule has 0 unspecified atom stereocenters. The molecular formula is C20H16ClFN4O2. The number of aromatic nitrogens is 3. The van der Waals surface area contributed by atoms with Gasteiger partial charge in [-0.1, -0.05) is 11.6 Å². The van der Waals surface area contributed by atoms with E-state index in [1.165, 1.54) is 25.5 Å². The van der Waals surface area contributed by atoms with Crippen molar-refractivity contribution < 1.29 is 13.9 Å². The van der Waals surface area contributed by atoms with Crippen molar-refractivity contribution in [3.63, 3.8) is 0 Å². The lowest BCUT2D eigenvalue weighted by atomic mass is 10.1. The van der Waals surface area contributed by atoms with E-state index in [1.807, 2.05) is 12.1 Å². The number of nitrogens with one attached hydrogen (secondary N) is 1. The third-order valence-electron chi connectivity index (χ3n) is 4.33. The Morgan fingerprint density at radius 3 is 2.75 bits per heavy atom. The maximum atomic E-state index is 13.6. The van der Waals surface area contributed by atoms with Gasteiger partial charge < -0.3 is 10.1 Å². The van der Waals surface area contributed by atoms with Crippen molar-refractivity contribution in [2.24, 2.45) is 0 Å². The van der Waals surface area contributed by atoms with Gasteiger partial charge in [-0.05, 0) is 38.0 Å². The highest BCUT2D eigenvalue weighted by Gasteiger charge is 2.24. The molecule has 0 saturated heterocycles. The van der Waals surface area contributed by atoms with Crippen LogP contribution in [0.2, 0.25) is 5.02 Å². The second-order valence-electron chi connectivity index (χ2n) is 6.49. The molecule has 0 bridgehead atoms. The maximum Gasteiger partial charge on any atom is 0.258 e. The molecule has 1 aliphatic rings. The summed E-state index contributed by atoms with van der Waals surface area (Å²) in [6.07, 6.45) is 7.69. The Hall–Kier alpha value is -3.06. The van der Waals surface area contributed by atoms with Gasteiger partial charge in [0.25, 0.3) is 5.91 Å². The van der Waals surface area contributed by atoms with E-state index in [4.69, 9.17) is 16.3 Å². The van der Waals surface area contributed by atoms with Crippen molar-refractivity contribution in [1.82, 2.24) is 15.0 Å². The van der Waals surface area contributed by atoms with Gasteiger partial charge in [-0.25, -0.2) is 9.37 Å². The first-order chi connectivity index (χ1) is 13.5. The minimum atomic E-state index is -0.544. The number of amides is 1. The molecule has 28 heavy (non-hydrogen) atoms. The summed E-state index contributed by atoms with van der Waals surface area (Å²) in [5, 5.41) is 3.11. The molecule has 1 N–H and O–H groups in total. The van der Waals surface area contributed by atoms with Crippen LogP contribution in [-0.2, 0) is 0 Å². The number of pyridine rings is 1.